The summed E-state index contributed by atoms with van der Waals surface area (Å²) in [5.74, 6) is -0.897. The Bertz CT molecular complexity index is 667. The summed E-state index contributed by atoms with van der Waals surface area (Å²) in [6, 6.07) is 3.46. The fraction of sp³-hybridized carbons (Fsp3) is 0.650. The molecule has 28 heavy (non-hydrogen) atoms. The average molecular weight is 391 g/mol. The number of ether oxygens (including phenoxy) is 1. The van der Waals surface area contributed by atoms with Crippen molar-refractivity contribution in [3.63, 3.8) is 0 Å². The zero-order valence-electron chi connectivity index (χ0n) is 16.4. The third kappa shape index (κ3) is 4.99. The number of piperidine rings is 2. The molecule has 8 nitrogen and oxygen atoms in total. The van der Waals surface area contributed by atoms with Crippen LogP contribution in [0, 0.1) is 5.92 Å². The number of rotatable bonds is 7. The maximum Gasteiger partial charge on any atom is 0.298 e. The Balaban J connectivity index is 1.47. The van der Waals surface area contributed by atoms with Crippen molar-refractivity contribution >= 4 is 17.6 Å². The molecule has 2 amide bonds. The molecule has 0 unspecified atom stereocenters. The van der Waals surface area contributed by atoms with Crippen LogP contribution in [0.1, 0.15) is 36.2 Å². The van der Waals surface area contributed by atoms with Crippen molar-refractivity contribution in [2.75, 3.05) is 46.4 Å². The highest BCUT2D eigenvalue weighted by atomic mass is 16.5. The highest BCUT2D eigenvalue weighted by Gasteiger charge is 2.34. The summed E-state index contributed by atoms with van der Waals surface area (Å²) in [4.78, 5) is 40.9. The maximum absolute atomic E-state index is 12.4. The van der Waals surface area contributed by atoms with Crippen molar-refractivity contribution in [2.24, 2.45) is 5.92 Å². The summed E-state index contributed by atoms with van der Waals surface area (Å²) in [6.45, 7) is 3.89. The van der Waals surface area contributed by atoms with Gasteiger partial charge in [0.2, 0.25) is 5.91 Å². The fourth-order valence-corrected chi connectivity index (χ4v) is 4.06. The van der Waals surface area contributed by atoms with E-state index < -0.39 is 11.7 Å². The summed E-state index contributed by atoms with van der Waals surface area (Å²) in [5, 5.41) is 2.93. The molecule has 0 spiro atoms. The molecule has 0 saturated carbocycles. The number of amides is 2. The Morgan fingerprint density at radius 2 is 2.00 bits per heavy atom. The van der Waals surface area contributed by atoms with E-state index in [4.69, 9.17) is 9.15 Å². The Labute approximate surface area is 165 Å². The predicted octanol–water partition coefficient (Wildman–Crippen LogP) is 0.928. The molecule has 2 saturated heterocycles. The van der Waals surface area contributed by atoms with Gasteiger partial charge in [0.25, 0.3) is 11.7 Å². The topological polar surface area (TPSA) is 92.1 Å². The van der Waals surface area contributed by atoms with E-state index in [1.54, 1.807) is 18.1 Å². The van der Waals surface area contributed by atoms with E-state index in [1.807, 2.05) is 0 Å². The molecule has 3 rings (SSSR count). The van der Waals surface area contributed by atoms with Crippen LogP contribution in [0.4, 0.5) is 0 Å². The van der Waals surface area contributed by atoms with Crippen LogP contribution in [0.25, 0.3) is 0 Å². The van der Waals surface area contributed by atoms with Crippen LogP contribution in [-0.2, 0) is 14.3 Å². The first-order chi connectivity index (χ1) is 13.6. The molecular weight excluding hydrogens is 362 g/mol. The molecule has 2 aliphatic rings. The van der Waals surface area contributed by atoms with Gasteiger partial charge in [0, 0.05) is 39.3 Å². The van der Waals surface area contributed by atoms with Crippen molar-refractivity contribution in [2.45, 2.75) is 31.7 Å². The third-order valence-electron chi connectivity index (χ3n) is 5.64. The quantitative estimate of drug-likeness (QED) is 0.422. The van der Waals surface area contributed by atoms with Crippen molar-refractivity contribution in [1.82, 2.24) is 15.1 Å². The molecule has 2 aliphatic heterocycles. The third-order valence-corrected chi connectivity index (χ3v) is 5.64. The van der Waals surface area contributed by atoms with Gasteiger partial charge in [-0.2, -0.15) is 0 Å². The van der Waals surface area contributed by atoms with E-state index in [0.29, 0.717) is 32.3 Å². The highest BCUT2D eigenvalue weighted by Crippen LogP contribution is 2.24. The maximum atomic E-state index is 12.4. The van der Waals surface area contributed by atoms with E-state index in [-0.39, 0.29) is 17.6 Å². The minimum atomic E-state index is -0.589. The summed E-state index contributed by atoms with van der Waals surface area (Å²) in [7, 11) is 1.62. The van der Waals surface area contributed by atoms with Gasteiger partial charge >= 0.3 is 0 Å². The first-order valence-electron chi connectivity index (χ1n) is 9.98. The summed E-state index contributed by atoms with van der Waals surface area (Å²) in [6.07, 6.45) is 4.93. The summed E-state index contributed by atoms with van der Waals surface area (Å²) < 4.78 is 10.0. The molecule has 1 N–H and O–H groups in total. The minimum Gasteiger partial charge on any atom is -0.461 e. The zero-order valence-corrected chi connectivity index (χ0v) is 16.4. The number of hydrogen-bond acceptors (Lipinski definition) is 6. The van der Waals surface area contributed by atoms with Crippen LogP contribution in [0.3, 0.4) is 0 Å². The predicted molar refractivity (Wildman–Crippen MR) is 102 cm³/mol. The number of furan rings is 1. The van der Waals surface area contributed by atoms with Crippen molar-refractivity contribution in [3.05, 3.63) is 24.2 Å². The zero-order chi connectivity index (χ0) is 19.9. The van der Waals surface area contributed by atoms with E-state index in [0.717, 1.165) is 38.8 Å². The van der Waals surface area contributed by atoms with Crippen LogP contribution < -0.4 is 5.32 Å². The van der Waals surface area contributed by atoms with E-state index >= 15 is 0 Å². The SMILES string of the molecule is COCCNC(=O)[C@H]1CCCN(C2CCN(C(=O)C(=O)c3ccco3)CC2)C1. The lowest BCUT2D eigenvalue weighted by molar-refractivity contribution is -0.128. The Kier molecular flexibility index (Phi) is 7.22. The molecule has 0 bridgehead atoms. The normalized spacial score (nSPS) is 21.5. The molecule has 1 aromatic heterocycles. The first-order valence-corrected chi connectivity index (χ1v) is 9.98. The van der Waals surface area contributed by atoms with Gasteiger partial charge in [-0.05, 0) is 44.4 Å². The molecule has 1 atom stereocenters. The van der Waals surface area contributed by atoms with E-state index in [2.05, 4.69) is 10.2 Å². The van der Waals surface area contributed by atoms with Gasteiger partial charge in [0.05, 0.1) is 18.8 Å². The molecule has 8 heteroatoms. The Hall–Kier alpha value is -2.19. The number of Topliss-reactive ketones (excluding diaryl/α,β-unsaturated/α-hetero) is 1. The monoisotopic (exact) mass is 391 g/mol. The van der Waals surface area contributed by atoms with Crippen molar-refractivity contribution in [1.29, 1.82) is 0 Å². The minimum absolute atomic E-state index is 0.00537. The second-order valence-electron chi connectivity index (χ2n) is 7.45. The number of methoxy groups -OCH3 is 1. The van der Waals surface area contributed by atoms with Crippen LogP contribution in [0.15, 0.2) is 22.8 Å². The summed E-state index contributed by atoms with van der Waals surface area (Å²) >= 11 is 0. The molecule has 154 valence electrons. The van der Waals surface area contributed by atoms with Crippen LogP contribution >= 0.6 is 0 Å². The van der Waals surface area contributed by atoms with Crippen LogP contribution in [0.2, 0.25) is 0 Å². The number of ketones is 1. The van der Waals surface area contributed by atoms with Gasteiger partial charge in [-0.1, -0.05) is 0 Å². The number of nitrogens with zero attached hydrogens (tertiary/aromatic N) is 2. The molecule has 0 aliphatic carbocycles. The fourth-order valence-electron chi connectivity index (χ4n) is 4.06. The smallest absolute Gasteiger partial charge is 0.298 e. The second-order valence-corrected chi connectivity index (χ2v) is 7.45. The lowest BCUT2D eigenvalue weighted by atomic mass is 9.93. The Morgan fingerprint density at radius 3 is 2.68 bits per heavy atom. The van der Waals surface area contributed by atoms with E-state index in [9.17, 15) is 14.4 Å². The van der Waals surface area contributed by atoms with Crippen LogP contribution in [0.5, 0.6) is 0 Å². The van der Waals surface area contributed by atoms with Crippen LogP contribution in [-0.4, -0.2) is 79.9 Å². The number of nitrogens with one attached hydrogen (secondary N) is 1. The van der Waals surface area contributed by atoms with Crippen molar-refractivity contribution < 1.29 is 23.5 Å². The lowest BCUT2D eigenvalue weighted by Gasteiger charge is -2.41. The molecular formula is C20H29N3O5. The van der Waals surface area contributed by atoms with Gasteiger partial charge in [-0.15, -0.1) is 0 Å². The molecule has 3 heterocycles. The number of likely N-dealkylation sites (tertiary alicyclic amines) is 2. The standard InChI is InChI=1S/C20H29N3O5/c1-27-13-8-21-19(25)15-4-2-9-23(14-15)16-6-10-22(11-7-16)20(26)18(24)17-5-3-12-28-17/h3,5,12,15-16H,2,4,6-11,13-14H2,1H3,(H,21,25)/t15-/m0/s1. The molecule has 2 fully saturated rings. The lowest BCUT2D eigenvalue weighted by Crippen LogP contribution is -2.52. The van der Waals surface area contributed by atoms with Gasteiger partial charge in [0.1, 0.15) is 0 Å². The second kappa shape index (κ2) is 9.84. The van der Waals surface area contributed by atoms with Gasteiger partial charge in [-0.25, -0.2) is 0 Å². The van der Waals surface area contributed by atoms with E-state index in [1.165, 1.54) is 12.3 Å². The number of hydrogen-bond donors (Lipinski definition) is 1. The van der Waals surface area contributed by atoms with Gasteiger partial charge in [0.15, 0.2) is 5.76 Å². The van der Waals surface area contributed by atoms with Gasteiger partial charge < -0.3 is 19.4 Å². The summed E-state index contributed by atoms with van der Waals surface area (Å²) in [5.41, 5.74) is 0. The van der Waals surface area contributed by atoms with Crippen molar-refractivity contribution in [3.8, 4) is 0 Å². The molecule has 0 radical (unpaired) electrons. The molecule has 1 aromatic rings. The average Bonchev–Trinajstić information content (AvgIpc) is 3.28. The molecule has 0 aromatic carbocycles. The highest BCUT2D eigenvalue weighted by molar-refractivity contribution is 6.41. The number of carbonyl (C=O) groups is 3. The van der Waals surface area contributed by atoms with Gasteiger partial charge in [-0.3, -0.25) is 19.3 Å². The number of carbonyl (C=O) groups excluding carboxylic acids is 3. The first kappa shape index (κ1) is 20.5. The largest absolute Gasteiger partial charge is 0.461 e. The Morgan fingerprint density at radius 1 is 1.21 bits per heavy atom.